The fourth-order valence-corrected chi connectivity index (χ4v) is 8.69. The number of carbonyl (C=O) groups is 3. The first-order chi connectivity index (χ1) is 37.2. The largest absolute Gasteiger partial charge is 0.472 e. The average Bonchev–Trinajstić information content (AvgIpc) is 3.40. The molecule has 4 N–H and O–H groups in total. The molecule has 18 heteroatoms. The summed E-state index contributed by atoms with van der Waals surface area (Å²) in [6.45, 7) is 2.35. The molecule has 0 fully saturated rings. The van der Waals surface area contributed by atoms with Crippen LogP contribution in [0, 0.1) is 0 Å². The number of hydrogen-bond acceptors (Lipinski definition) is 14. The van der Waals surface area contributed by atoms with Crippen LogP contribution in [-0.4, -0.2) is 95.9 Å². The smallest absolute Gasteiger partial charge is 0.463 e. The summed E-state index contributed by atoms with van der Waals surface area (Å²) in [6.07, 6.45) is 52.4. The van der Waals surface area contributed by atoms with Gasteiger partial charge in [-0.1, -0.05) is 176 Å². The molecule has 5 atom stereocenters. The van der Waals surface area contributed by atoms with E-state index in [1.807, 2.05) is 0 Å². The van der Waals surface area contributed by atoms with Crippen molar-refractivity contribution >= 4 is 33.6 Å². The highest BCUT2D eigenvalue weighted by atomic mass is 31.2. The van der Waals surface area contributed by atoms with Gasteiger partial charge in [-0.05, 0) is 103 Å². The number of phosphoric ester groups is 2. The third-order valence-corrected chi connectivity index (χ3v) is 13.5. The third-order valence-electron chi connectivity index (χ3n) is 11.6. The van der Waals surface area contributed by atoms with Gasteiger partial charge in [0, 0.05) is 19.3 Å². The third kappa shape index (κ3) is 54.5. The summed E-state index contributed by atoms with van der Waals surface area (Å²) < 4.78 is 60.4. The maximum Gasteiger partial charge on any atom is 0.472 e. The van der Waals surface area contributed by atoms with Crippen molar-refractivity contribution in [3.05, 3.63) is 85.1 Å². The first-order valence-corrected chi connectivity index (χ1v) is 31.9. The van der Waals surface area contributed by atoms with E-state index < -0.39 is 91.5 Å². The summed E-state index contributed by atoms with van der Waals surface area (Å²) in [4.78, 5) is 57.9. The van der Waals surface area contributed by atoms with Crippen LogP contribution in [0.15, 0.2) is 85.1 Å². The lowest BCUT2D eigenvalue weighted by molar-refractivity contribution is -0.161. The van der Waals surface area contributed by atoms with Gasteiger partial charge >= 0.3 is 33.6 Å². The number of rotatable bonds is 54. The highest BCUT2D eigenvalue weighted by Crippen LogP contribution is 2.45. The van der Waals surface area contributed by atoms with Crippen LogP contribution in [0.3, 0.4) is 0 Å². The van der Waals surface area contributed by atoms with Crippen molar-refractivity contribution in [1.82, 2.24) is 0 Å². The Balaban J connectivity index is 4.67. The van der Waals surface area contributed by atoms with Gasteiger partial charge in [0.05, 0.1) is 26.4 Å². The van der Waals surface area contributed by atoms with Crippen LogP contribution in [0.4, 0.5) is 0 Å². The Hall–Kier alpha value is -3.27. The summed E-state index contributed by atoms with van der Waals surface area (Å²) in [6, 6.07) is 0. The van der Waals surface area contributed by atoms with Gasteiger partial charge in [-0.2, -0.15) is 0 Å². The van der Waals surface area contributed by atoms with Crippen molar-refractivity contribution in [2.75, 3.05) is 39.6 Å². The predicted octanol–water partition coefficient (Wildman–Crippen LogP) is 14.6. The topological polar surface area (TPSA) is 231 Å². The Morgan fingerprint density at radius 2 is 0.714 bits per heavy atom. The molecule has 0 radical (unpaired) electrons. The summed E-state index contributed by atoms with van der Waals surface area (Å²) in [5, 5.41) is 20.4. The van der Waals surface area contributed by atoms with Crippen molar-refractivity contribution in [3.63, 3.8) is 0 Å². The van der Waals surface area contributed by atoms with Crippen LogP contribution < -0.4 is 0 Å². The molecule has 0 amide bonds. The normalized spacial score (nSPS) is 15.2. The number of hydrogen-bond donors (Lipinski definition) is 4. The molecule has 0 saturated heterocycles. The van der Waals surface area contributed by atoms with Crippen LogP contribution in [0.2, 0.25) is 0 Å². The van der Waals surface area contributed by atoms with E-state index in [4.69, 9.17) is 32.3 Å². The zero-order valence-corrected chi connectivity index (χ0v) is 49.1. The molecule has 5 unspecified atom stereocenters. The van der Waals surface area contributed by atoms with Crippen molar-refractivity contribution in [2.45, 2.75) is 232 Å². The van der Waals surface area contributed by atoms with E-state index in [9.17, 15) is 43.5 Å². The van der Waals surface area contributed by atoms with Crippen LogP contribution in [0.1, 0.15) is 213 Å². The molecule has 444 valence electrons. The quantitative estimate of drug-likeness (QED) is 0.0146. The zero-order valence-electron chi connectivity index (χ0n) is 47.4. The molecule has 0 bridgehead atoms. The molecule has 0 aliphatic rings. The highest BCUT2D eigenvalue weighted by molar-refractivity contribution is 7.47. The number of allylic oxidation sites excluding steroid dienone is 14. The van der Waals surface area contributed by atoms with Crippen molar-refractivity contribution in [1.29, 1.82) is 0 Å². The standard InChI is InChI=1S/C59H102O16P2/c1-4-7-10-13-16-19-22-24-25-26-27-29-32-33-36-39-42-45-57(62)69-48-54(60)49-71-76(65,66)72-50-55(61)51-73-77(67,68)74-53-56(75-59(64)47-44-41-38-35-30-21-18-15-12-9-6-3)52-70-58(63)46-43-40-37-34-31-28-23-20-17-14-11-8-5-2/h7,10-11,14-16,18-20,23-25,27,29,54-56,60-61H,4-6,8-9,12-13,17,21-22,26,28,30-53H2,1-3H3,(H,65,66)(H,67,68)/b10-7-,14-11-,18-15-,19-16-,23-20-,25-24-,29-27-. The van der Waals surface area contributed by atoms with E-state index in [2.05, 4.69) is 106 Å². The average molecular weight is 1130 g/mol. The van der Waals surface area contributed by atoms with Gasteiger partial charge in [-0.3, -0.25) is 32.5 Å². The second-order valence-electron chi connectivity index (χ2n) is 19.1. The second-order valence-corrected chi connectivity index (χ2v) is 22.0. The Morgan fingerprint density at radius 3 is 1.16 bits per heavy atom. The van der Waals surface area contributed by atoms with E-state index in [1.54, 1.807) is 0 Å². The van der Waals surface area contributed by atoms with Crippen LogP contribution in [0.25, 0.3) is 0 Å². The van der Waals surface area contributed by atoms with E-state index >= 15 is 0 Å². The second kappa shape index (κ2) is 53.4. The number of aliphatic hydroxyl groups excluding tert-OH is 2. The van der Waals surface area contributed by atoms with Crippen LogP contribution in [-0.2, 0) is 55.8 Å². The van der Waals surface area contributed by atoms with Gasteiger partial charge in [-0.15, -0.1) is 0 Å². The number of esters is 3. The molecule has 0 spiro atoms. The fraction of sp³-hybridized carbons (Fsp3) is 0.712. The zero-order chi connectivity index (χ0) is 56.8. The Labute approximate surface area is 464 Å². The maximum atomic E-state index is 12.8. The molecular weight excluding hydrogens is 1030 g/mol. The van der Waals surface area contributed by atoms with Gasteiger partial charge in [-0.25, -0.2) is 9.13 Å². The van der Waals surface area contributed by atoms with Gasteiger partial charge < -0.3 is 34.2 Å². The number of ether oxygens (including phenoxy) is 3. The molecule has 0 aromatic carbocycles. The van der Waals surface area contributed by atoms with Gasteiger partial charge in [0.15, 0.2) is 6.10 Å². The molecule has 0 saturated carbocycles. The maximum absolute atomic E-state index is 12.8. The fourth-order valence-electron chi connectivity index (χ4n) is 7.11. The molecule has 0 aromatic heterocycles. The summed E-state index contributed by atoms with van der Waals surface area (Å²) in [5.41, 5.74) is 0. The van der Waals surface area contributed by atoms with Crippen molar-refractivity contribution in [2.24, 2.45) is 0 Å². The molecule has 16 nitrogen and oxygen atoms in total. The van der Waals surface area contributed by atoms with E-state index in [0.717, 1.165) is 141 Å². The Bertz CT molecular complexity index is 1760. The minimum Gasteiger partial charge on any atom is -0.463 e. The van der Waals surface area contributed by atoms with Gasteiger partial charge in [0.2, 0.25) is 0 Å². The van der Waals surface area contributed by atoms with Crippen molar-refractivity contribution < 1.29 is 75.8 Å². The number of carbonyl (C=O) groups excluding carboxylic acids is 3. The van der Waals surface area contributed by atoms with Gasteiger partial charge in [0.1, 0.15) is 25.4 Å². The number of unbranched alkanes of at least 4 members (excludes halogenated alkanes) is 17. The lowest BCUT2D eigenvalue weighted by Gasteiger charge is -2.21. The molecule has 77 heavy (non-hydrogen) atoms. The van der Waals surface area contributed by atoms with E-state index in [1.165, 1.54) is 12.8 Å². The molecule has 0 aliphatic carbocycles. The summed E-state index contributed by atoms with van der Waals surface area (Å²) >= 11 is 0. The SMILES string of the molecule is CC/C=C\C/C=C\C/C=C\C/C=C\CCCCCCC(=O)OCC(O)COP(=O)(O)OCC(O)COP(=O)(O)OCC(COC(=O)CCCCCCC/C=C\C/C=C\CCC)OC(=O)CCCCCCC/C=C\CCCC. The summed E-state index contributed by atoms with van der Waals surface area (Å²) in [7, 11) is -9.76. The highest BCUT2D eigenvalue weighted by Gasteiger charge is 2.29. The lowest BCUT2D eigenvalue weighted by atomic mass is 10.1. The predicted molar refractivity (Wildman–Crippen MR) is 307 cm³/mol. The lowest BCUT2D eigenvalue weighted by Crippen LogP contribution is -2.30. The Morgan fingerprint density at radius 1 is 0.377 bits per heavy atom. The minimum atomic E-state index is -4.92. The van der Waals surface area contributed by atoms with E-state index in [0.29, 0.717) is 19.3 Å². The van der Waals surface area contributed by atoms with Crippen molar-refractivity contribution in [3.8, 4) is 0 Å². The first kappa shape index (κ1) is 73.7. The Kier molecular flexibility index (Phi) is 51.1. The van der Waals surface area contributed by atoms with Gasteiger partial charge in [0.25, 0.3) is 0 Å². The first-order valence-electron chi connectivity index (χ1n) is 28.9. The van der Waals surface area contributed by atoms with E-state index in [-0.39, 0.29) is 19.3 Å². The number of aliphatic hydroxyl groups is 2. The monoisotopic (exact) mass is 1130 g/mol. The van der Waals surface area contributed by atoms with Crippen LogP contribution in [0.5, 0.6) is 0 Å². The molecule has 0 heterocycles. The summed E-state index contributed by atoms with van der Waals surface area (Å²) in [5.74, 6) is -1.63. The molecule has 0 aromatic rings. The molecular formula is C59H102O16P2. The number of phosphoric acid groups is 2. The molecule has 0 rings (SSSR count). The van der Waals surface area contributed by atoms with Crippen LogP contribution >= 0.6 is 15.6 Å². The molecule has 0 aliphatic heterocycles. The minimum absolute atomic E-state index is 0.0901.